The van der Waals surface area contributed by atoms with Gasteiger partial charge < -0.3 is 14.8 Å². The van der Waals surface area contributed by atoms with E-state index in [1.165, 1.54) is 0 Å². The van der Waals surface area contributed by atoms with Crippen LogP contribution in [0.3, 0.4) is 0 Å². The first-order chi connectivity index (χ1) is 15.6. The Labute approximate surface area is 187 Å². The topological polar surface area (TPSA) is 72.3 Å². The van der Waals surface area contributed by atoms with Gasteiger partial charge in [0, 0.05) is 5.71 Å². The monoisotopic (exact) mass is 427 g/mol. The summed E-state index contributed by atoms with van der Waals surface area (Å²) in [5.41, 5.74) is 4.14. The van der Waals surface area contributed by atoms with Crippen molar-refractivity contribution in [2.24, 2.45) is 9.98 Å². The third kappa shape index (κ3) is 4.54. The van der Waals surface area contributed by atoms with Crippen molar-refractivity contribution in [3.63, 3.8) is 0 Å². The number of carbonyl (C=O) groups excluding carboxylic acids is 1. The third-order valence-corrected chi connectivity index (χ3v) is 5.33. The van der Waals surface area contributed by atoms with Crippen LogP contribution in [0, 0.1) is 0 Å². The van der Waals surface area contributed by atoms with Crippen molar-refractivity contribution in [3.8, 4) is 11.5 Å². The summed E-state index contributed by atoms with van der Waals surface area (Å²) in [6, 6.07) is 23.0. The van der Waals surface area contributed by atoms with E-state index in [2.05, 4.69) is 5.32 Å². The second-order valence-electron chi connectivity index (χ2n) is 7.50. The van der Waals surface area contributed by atoms with Gasteiger partial charge in [-0.15, -0.1) is 0 Å². The molecule has 1 atom stereocenters. The summed E-state index contributed by atoms with van der Waals surface area (Å²) >= 11 is 0. The Morgan fingerprint density at radius 3 is 2.22 bits per heavy atom. The molecule has 3 aromatic rings. The van der Waals surface area contributed by atoms with Crippen LogP contribution < -0.4 is 14.8 Å². The molecule has 0 fully saturated rings. The molecule has 4 rings (SSSR count). The second kappa shape index (κ2) is 9.47. The Hall–Kier alpha value is -3.93. The van der Waals surface area contributed by atoms with Crippen LogP contribution in [0.5, 0.6) is 11.5 Å². The number of benzene rings is 3. The Morgan fingerprint density at radius 2 is 1.53 bits per heavy atom. The van der Waals surface area contributed by atoms with Crippen molar-refractivity contribution in [1.29, 1.82) is 0 Å². The number of methoxy groups -OCH3 is 2. The number of hydrogen-bond acceptors (Lipinski definition) is 5. The summed E-state index contributed by atoms with van der Waals surface area (Å²) in [6.07, 6.45) is 0.260. The molecular weight excluding hydrogens is 402 g/mol. The van der Waals surface area contributed by atoms with Crippen molar-refractivity contribution < 1.29 is 14.3 Å². The fraction of sp³-hybridized carbons (Fsp3) is 0.192. The lowest BCUT2D eigenvalue weighted by molar-refractivity contribution is -0.119. The molecule has 1 aliphatic heterocycles. The van der Waals surface area contributed by atoms with Crippen LogP contribution in [-0.2, 0) is 11.2 Å². The second-order valence-corrected chi connectivity index (χ2v) is 7.50. The van der Waals surface area contributed by atoms with E-state index in [1.54, 1.807) is 14.2 Å². The van der Waals surface area contributed by atoms with Crippen LogP contribution >= 0.6 is 0 Å². The Kier molecular flexibility index (Phi) is 6.31. The highest BCUT2D eigenvalue weighted by atomic mass is 16.5. The van der Waals surface area contributed by atoms with Crippen LogP contribution in [0.15, 0.2) is 82.8 Å². The number of rotatable bonds is 5. The molecule has 0 saturated carbocycles. The quantitative estimate of drug-likeness (QED) is 0.624. The first-order valence-electron chi connectivity index (χ1n) is 10.4. The zero-order chi connectivity index (χ0) is 22.5. The molecule has 32 heavy (non-hydrogen) atoms. The summed E-state index contributed by atoms with van der Waals surface area (Å²) < 4.78 is 10.9. The molecular formula is C26H25N3O3. The molecule has 6 nitrogen and oxygen atoms in total. The van der Waals surface area contributed by atoms with Crippen molar-refractivity contribution in [3.05, 3.63) is 83.9 Å². The van der Waals surface area contributed by atoms with Gasteiger partial charge in [-0.3, -0.25) is 9.79 Å². The number of nitrogens with one attached hydrogen (secondary N) is 1. The van der Waals surface area contributed by atoms with Crippen molar-refractivity contribution >= 4 is 28.8 Å². The van der Waals surface area contributed by atoms with Gasteiger partial charge in [0.05, 0.1) is 37.9 Å². The molecule has 1 aliphatic rings. The van der Waals surface area contributed by atoms with E-state index in [0.717, 1.165) is 22.5 Å². The van der Waals surface area contributed by atoms with Crippen LogP contribution in [0.4, 0.5) is 11.4 Å². The van der Waals surface area contributed by atoms with Crippen LogP contribution in [0.1, 0.15) is 24.0 Å². The summed E-state index contributed by atoms with van der Waals surface area (Å²) in [4.78, 5) is 22.6. The van der Waals surface area contributed by atoms with E-state index >= 15 is 0 Å². The molecule has 6 heteroatoms. The van der Waals surface area contributed by atoms with Crippen LogP contribution in [0.25, 0.3) is 0 Å². The average Bonchev–Trinajstić information content (AvgIpc) is 2.94. The number of amides is 1. The van der Waals surface area contributed by atoms with Crippen molar-refractivity contribution in [1.82, 2.24) is 5.32 Å². The minimum absolute atomic E-state index is 0.132. The zero-order valence-corrected chi connectivity index (χ0v) is 18.3. The molecule has 0 bridgehead atoms. The zero-order valence-electron chi connectivity index (χ0n) is 18.3. The Bertz CT molecular complexity index is 1190. The van der Waals surface area contributed by atoms with Gasteiger partial charge in [-0.05, 0) is 42.3 Å². The predicted octanol–water partition coefficient (Wildman–Crippen LogP) is 4.98. The number of ether oxygens (including phenoxy) is 2. The average molecular weight is 428 g/mol. The number of aliphatic imine (C=N–C) groups is 2. The lowest BCUT2D eigenvalue weighted by atomic mass is 9.92. The molecule has 0 aliphatic carbocycles. The lowest BCUT2D eigenvalue weighted by Crippen LogP contribution is -2.38. The summed E-state index contributed by atoms with van der Waals surface area (Å²) in [5, 5.41) is 3.05. The number of para-hydroxylation sites is 2. The van der Waals surface area contributed by atoms with E-state index in [-0.39, 0.29) is 18.2 Å². The van der Waals surface area contributed by atoms with E-state index in [4.69, 9.17) is 19.5 Å². The third-order valence-electron chi connectivity index (χ3n) is 5.33. The number of nitrogens with zero attached hydrogens (tertiary/aromatic N) is 2. The Morgan fingerprint density at radius 1 is 0.875 bits per heavy atom. The summed E-state index contributed by atoms with van der Waals surface area (Å²) in [5.74, 6) is 1.29. The Balaban J connectivity index is 1.75. The molecule has 3 aromatic carbocycles. The molecule has 1 N–H and O–H groups in total. The highest BCUT2D eigenvalue weighted by molar-refractivity contribution is 6.17. The maximum atomic E-state index is 12.9. The van der Waals surface area contributed by atoms with Gasteiger partial charge in [-0.25, -0.2) is 4.99 Å². The lowest BCUT2D eigenvalue weighted by Gasteiger charge is -2.20. The van der Waals surface area contributed by atoms with Gasteiger partial charge in [-0.2, -0.15) is 0 Å². The van der Waals surface area contributed by atoms with Crippen molar-refractivity contribution in [2.45, 2.75) is 19.3 Å². The van der Waals surface area contributed by atoms with E-state index in [9.17, 15) is 4.79 Å². The largest absolute Gasteiger partial charge is 0.493 e. The van der Waals surface area contributed by atoms with Gasteiger partial charge in [-0.1, -0.05) is 48.5 Å². The number of carbonyl (C=O) groups is 1. The van der Waals surface area contributed by atoms with Gasteiger partial charge >= 0.3 is 0 Å². The minimum Gasteiger partial charge on any atom is -0.493 e. The van der Waals surface area contributed by atoms with Crippen LogP contribution in [0.2, 0.25) is 0 Å². The minimum atomic E-state index is -0.345. The molecule has 0 radical (unpaired) electrons. The maximum Gasteiger partial charge on any atom is 0.229 e. The van der Waals surface area contributed by atoms with Gasteiger partial charge in [0.2, 0.25) is 5.91 Å². The number of hydrogen-bond donors (Lipinski definition) is 1. The summed E-state index contributed by atoms with van der Waals surface area (Å²) in [7, 11) is 3.20. The standard InChI is InChI=1S/C26H25N3O3/c1-17-25(19-13-14-22(31-2)23(16-19)32-3)26(28-21-12-8-7-11-20(21)27-17)29-24(30)15-18-9-5-4-6-10-18/h4-14,16,25H,15H2,1-3H3,(H,28,29,30)/t25-/m0/s1. The highest BCUT2D eigenvalue weighted by Gasteiger charge is 2.27. The van der Waals surface area contributed by atoms with Gasteiger partial charge in [0.1, 0.15) is 5.84 Å². The summed E-state index contributed by atoms with van der Waals surface area (Å²) in [6.45, 7) is 1.95. The van der Waals surface area contributed by atoms with E-state index < -0.39 is 0 Å². The number of amidine groups is 1. The van der Waals surface area contributed by atoms with Gasteiger partial charge in [0.15, 0.2) is 11.5 Å². The first kappa shape index (κ1) is 21.3. The molecule has 0 spiro atoms. The molecule has 0 saturated heterocycles. The normalized spacial score (nSPS) is 15.0. The SMILES string of the molecule is COc1ccc([C@@H]2C(C)=Nc3ccccc3N=C2NC(=O)Cc2ccccc2)cc1OC. The fourth-order valence-electron chi connectivity index (χ4n) is 3.80. The smallest absolute Gasteiger partial charge is 0.229 e. The highest BCUT2D eigenvalue weighted by Crippen LogP contribution is 2.36. The van der Waals surface area contributed by atoms with Crippen LogP contribution in [-0.4, -0.2) is 31.7 Å². The van der Waals surface area contributed by atoms with E-state index in [0.29, 0.717) is 23.0 Å². The maximum absolute atomic E-state index is 12.9. The molecule has 1 amide bonds. The van der Waals surface area contributed by atoms with Crippen molar-refractivity contribution in [2.75, 3.05) is 14.2 Å². The molecule has 0 unspecified atom stereocenters. The first-order valence-corrected chi connectivity index (χ1v) is 10.4. The van der Waals surface area contributed by atoms with Gasteiger partial charge in [0.25, 0.3) is 0 Å². The van der Waals surface area contributed by atoms with E-state index in [1.807, 2.05) is 79.7 Å². The molecule has 1 heterocycles. The predicted molar refractivity (Wildman–Crippen MR) is 127 cm³/mol. The molecule has 0 aromatic heterocycles. The molecule has 162 valence electrons. The fourth-order valence-corrected chi connectivity index (χ4v) is 3.80. The number of fused-ring (bicyclic) bond motifs is 1.